The fourth-order valence-corrected chi connectivity index (χ4v) is 2.92. The zero-order valence-electron chi connectivity index (χ0n) is 17.1. The largest absolute Gasteiger partial charge is 0.497 e. The zero-order valence-corrected chi connectivity index (χ0v) is 17.9. The lowest BCUT2D eigenvalue weighted by molar-refractivity contribution is -0.139. The van der Waals surface area contributed by atoms with Crippen molar-refractivity contribution in [3.63, 3.8) is 0 Å². The number of hydrogen-bond donors (Lipinski definition) is 0. The Morgan fingerprint density at radius 2 is 1.38 bits per heavy atom. The molecule has 29 heavy (non-hydrogen) atoms. The number of benzene rings is 2. The van der Waals surface area contributed by atoms with Crippen molar-refractivity contribution in [3.8, 4) is 11.5 Å². The van der Waals surface area contributed by atoms with Crippen LogP contribution in [0.3, 0.4) is 0 Å². The average Bonchev–Trinajstić information content (AvgIpc) is 2.75. The van der Waals surface area contributed by atoms with E-state index >= 15 is 0 Å². The molecule has 5 heteroatoms. The van der Waals surface area contributed by atoms with E-state index in [0.717, 1.165) is 53.2 Å². The average molecular weight is 413 g/mol. The van der Waals surface area contributed by atoms with Crippen LogP contribution in [0.1, 0.15) is 43.7 Å². The van der Waals surface area contributed by atoms with Gasteiger partial charge >= 0.3 is 5.97 Å². The molecule has 0 fully saturated rings. The Hall–Kier alpha value is -2.66. The highest BCUT2D eigenvalue weighted by Gasteiger charge is 2.06. The van der Waals surface area contributed by atoms with Crippen molar-refractivity contribution in [2.24, 2.45) is 0 Å². The minimum absolute atomic E-state index is 0.316. The molecule has 0 saturated carbocycles. The molecule has 0 heterocycles. The standard InChI is InChI=1S/C24H28O4S/c1-18(2)24(25)28-17-7-5-4-6-16-27-22-14-10-20(11-15-22)23(29)19-8-12-21(26-3)13-9-19/h8-15H,1,4-7,16-17H2,2-3H3. The van der Waals surface area contributed by atoms with Crippen LogP contribution in [0, 0.1) is 0 Å². The summed E-state index contributed by atoms with van der Waals surface area (Å²) < 4.78 is 16.0. The van der Waals surface area contributed by atoms with E-state index in [1.807, 2.05) is 48.5 Å². The van der Waals surface area contributed by atoms with Crippen molar-refractivity contribution >= 4 is 23.1 Å². The van der Waals surface area contributed by atoms with Gasteiger partial charge in [-0.25, -0.2) is 4.79 Å². The summed E-state index contributed by atoms with van der Waals surface area (Å²) in [5, 5.41) is 0. The Bertz CT molecular complexity index is 810. The maximum absolute atomic E-state index is 11.3. The van der Waals surface area contributed by atoms with Gasteiger partial charge in [0.1, 0.15) is 11.5 Å². The Morgan fingerprint density at radius 1 is 0.862 bits per heavy atom. The third-order valence-corrected chi connectivity index (χ3v) is 4.83. The van der Waals surface area contributed by atoms with Gasteiger partial charge in [0.15, 0.2) is 0 Å². The van der Waals surface area contributed by atoms with Gasteiger partial charge in [0.05, 0.1) is 25.2 Å². The molecule has 0 atom stereocenters. The molecule has 0 saturated heterocycles. The molecule has 4 nitrogen and oxygen atoms in total. The Kier molecular flexibility index (Phi) is 9.38. The van der Waals surface area contributed by atoms with Crippen LogP contribution < -0.4 is 9.47 Å². The number of rotatable bonds is 12. The van der Waals surface area contributed by atoms with Crippen molar-refractivity contribution in [3.05, 3.63) is 71.8 Å². The summed E-state index contributed by atoms with van der Waals surface area (Å²) in [6.07, 6.45) is 3.85. The second kappa shape index (κ2) is 12.0. The van der Waals surface area contributed by atoms with E-state index in [9.17, 15) is 4.79 Å². The second-order valence-electron chi connectivity index (χ2n) is 6.76. The molecule has 2 aromatic carbocycles. The molecule has 0 N–H and O–H groups in total. The molecule has 0 bridgehead atoms. The van der Waals surface area contributed by atoms with E-state index in [4.69, 9.17) is 26.4 Å². The zero-order chi connectivity index (χ0) is 21.1. The topological polar surface area (TPSA) is 44.8 Å². The van der Waals surface area contributed by atoms with Gasteiger partial charge in [-0.1, -0.05) is 18.8 Å². The van der Waals surface area contributed by atoms with Gasteiger partial charge in [-0.2, -0.15) is 0 Å². The van der Waals surface area contributed by atoms with E-state index in [0.29, 0.717) is 18.8 Å². The molecular formula is C24H28O4S. The van der Waals surface area contributed by atoms with Gasteiger partial charge in [-0.3, -0.25) is 0 Å². The summed E-state index contributed by atoms with van der Waals surface area (Å²) in [5.41, 5.74) is 2.42. The molecule has 154 valence electrons. The van der Waals surface area contributed by atoms with Gasteiger partial charge in [-0.15, -0.1) is 0 Å². The molecule has 0 spiro atoms. The fourth-order valence-electron chi connectivity index (χ4n) is 2.65. The maximum Gasteiger partial charge on any atom is 0.333 e. The van der Waals surface area contributed by atoms with Crippen LogP contribution in [-0.2, 0) is 9.53 Å². The molecule has 0 amide bonds. The lowest BCUT2D eigenvalue weighted by Gasteiger charge is -2.09. The Labute approximate surface area is 178 Å². The predicted molar refractivity (Wildman–Crippen MR) is 120 cm³/mol. The van der Waals surface area contributed by atoms with E-state index < -0.39 is 0 Å². The van der Waals surface area contributed by atoms with Crippen LogP contribution in [0.15, 0.2) is 60.7 Å². The molecule has 0 aliphatic carbocycles. The first-order chi connectivity index (χ1) is 14.0. The molecule has 2 aromatic rings. The lowest BCUT2D eigenvalue weighted by Crippen LogP contribution is -2.06. The summed E-state index contributed by atoms with van der Waals surface area (Å²) in [6, 6.07) is 15.6. The van der Waals surface area contributed by atoms with Gasteiger partial charge in [0.25, 0.3) is 0 Å². The van der Waals surface area contributed by atoms with Gasteiger partial charge in [-0.05, 0) is 92.3 Å². The summed E-state index contributed by atoms with van der Waals surface area (Å²) in [5.74, 6) is 1.33. The van der Waals surface area contributed by atoms with Crippen LogP contribution in [-0.4, -0.2) is 31.2 Å². The highest BCUT2D eigenvalue weighted by Crippen LogP contribution is 2.19. The third-order valence-electron chi connectivity index (χ3n) is 4.36. The fraction of sp³-hybridized carbons (Fsp3) is 0.333. The van der Waals surface area contributed by atoms with Crippen molar-refractivity contribution in [2.45, 2.75) is 32.6 Å². The minimum Gasteiger partial charge on any atom is -0.497 e. The SMILES string of the molecule is C=C(C)C(=O)OCCCCCCOc1ccc(C(=S)c2ccc(OC)cc2)cc1. The molecule has 0 aromatic heterocycles. The minimum atomic E-state index is -0.316. The smallest absolute Gasteiger partial charge is 0.333 e. The number of methoxy groups -OCH3 is 1. The van der Waals surface area contributed by atoms with Crippen LogP contribution in [0.5, 0.6) is 11.5 Å². The first-order valence-corrected chi connectivity index (χ1v) is 10.2. The van der Waals surface area contributed by atoms with E-state index in [2.05, 4.69) is 6.58 Å². The highest BCUT2D eigenvalue weighted by molar-refractivity contribution is 7.81. The van der Waals surface area contributed by atoms with Crippen molar-refractivity contribution in [2.75, 3.05) is 20.3 Å². The number of ether oxygens (including phenoxy) is 3. The number of carbonyl (C=O) groups excluding carboxylic acids is 1. The van der Waals surface area contributed by atoms with E-state index in [1.165, 1.54) is 0 Å². The summed E-state index contributed by atoms with van der Waals surface area (Å²) in [4.78, 5) is 12.1. The summed E-state index contributed by atoms with van der Waals surface area (Å²) in [6.45, 7) is 6.32. The number of hydrogen-bond acceptors (Lipinski definition) is 5. The third kappa shape index (κ3) is 7.70. The first-order valence-electron chi connectivity index (χ1n) is 9.75. The van der Waals surface area contributed by atoms with Crippen molar-refractivity contribution in [1.82, 2.24) is 0 Å². The van der Waals surface area contributed by atoms with Crippen LogP contribution in [0.2, 0.25) is 0 Å². The van der Waals surface area contributed by atoms with E-state index in [-0.39, 0.29) is 5.97 Å². The van der Waals surface area contributed by atoms with Crippen LogP contribution >= 0.6 is 12.2 Å². The lowest BCUT2D eigenvalue weighted by atomic mass is 10.0. The van der Waals surface area contributed by atoms with Gasteiger partial charge in [0, 0.05) is 5.57 Å². The molecule has 0 aliphatic rings. The number of thiocarbonyl (C=S) groups is 1. The monoisotopic (exact) mass is 412 g/mol. The molecule has 0 aliphatic heterocycles. The Balaban J connectivity index is 1.66. The quantitative estimate of drug-likeness (QED) is 0.151. The second-order valence-corrected chi connectivity index (χ2v) is 7.17. The molecular weight excluding hydrogens is 384 g/mol. The van der Waals surface area contributed by atoms with Gasteiger partial charge < -0.3 is 14.2 Å². The summed E-state index contributed by atoms with van der Waals surface area (Å²) >= 11 is 5.58. The molecule has 0 radical (unpaired) electrons. The normalized spacial score (nSPS) is 10.3. The number of esters is 1. The molecule has 0 unspecified atom stereocenters. The highest BCUT2D eigenvalue weighted by atomic mass is 32.1. The number of unbranched alkanes of at least 4 members (excludes halogenated alkanes) is 3. The maximum atomic E-state index is 11.3. The van der Waals surface area contributed by atoms with Crippen molar-refractivity contribution < 1.29 is 19.0 Å². The first kappa shape index (κ1) is 22.6. The Morgan fingerprint density at radius 3 is 1.90 bits per heavy atom. The van der Waals surface area contributed by atoms with Crippen molar-refractivity contribution in [1.29, 1.82) is 0 Å². The van der Waals surface area contributed by atoms with Crippen LogP contribution in [0.25, 0.3) is 0 Å². The van der Waals surface area contributed by atoms with Gasteiger partial charge in [0.2, 0.25) is 0 Å². The van der Waals surface area contributed by atoms with E-state index in [1.54, 1.807) is 14.0 Å². The number of carbonyl (C=O) groups is 1. The summed E-state index contributed by atoms with van der Waals surface area (Å²) in [7, 11) is 1.65. The molecule has 2 rings (SSSR count). The van der Waals surface area contributed by atoms with Crippen LogP contribution in [0.4, 0.5) is 0 Å². The predicted octanol–water partition coefficient (Wildman–Crippen LogP) is 5.52.